The van der Waals surface area contributed by atoms with Crippen LogP contribution in [0.4, 0.5) is 0 Å². The van der Waals surface area contributed by atoms with E-state index in [1.54, 1.807) is 24.3 Å². The van der Waals surface area contributed by atoms with Crippen LogP contribution in [0.5, 0.6) is 0 Å². The average molecular weight is 353 g/mol. The molecule has 1 aliphatic rings. The monoisotopic (exact) mass is 353 g/mol. The maximum atomic E-state index is 12.6. The molecule has 1 amide bonds. The third-order valence-electron chi connectivity index (χ3n) is 4.06. The molecule has 0 aliphatic carbocycles. The van der Waals surface area contributed by atoms with Crippen molar-refractivity contribution in [2.24, 2.45) is 5.92 Å². The Bertz CT molecular complexity index is 650. The molecule has 1 aliphatic heterocycles. The summed E-state index contributed by atoms with van der Waals surface area (Å²) >= 11 is 0. The topological polar surface area (TPSA) is 87.3 Å². The number of aryl methyl sites for hydroxylation is 1. The Kier molecular flexibility index (Phi) is 6.37. The fourth-order valence-corrected chi connectivity index (χ4v) is 3.94. The predicted octanol–water partition coefficient (Wildman–Crippen LogP) is 1.17. The van der Waals surface area contributed by atoms with Crippen molar-refractivity contribution in [2.45, 2.75) is 50.6 Å². The summed E-state index contributed by atoms with van der Waals surface area (Å²) in [6.07, 6.45) is 1.32. The maximum Gasteiger partial charge on any atom is 0.241 e. The van der Waals surface area contributed by atoms with E-state index in [0.29, 0.717) is 6.42 Å². The van der Waals surface area contributed by atoms with Gasteiger partial charge in [0.05, 0.1) is 4.90 Å². The summed E-state index contributed by atoms with van der Waals surface area (Å²) in [5.41, 5.74) is 0.985. The van der Waals surface area contributed by atoms with E-state index in [4.69, 9.17) is 0 Å². The van der Waals surface area contributed by atoms with Crippen molar-refractivity contribution in [2.75, 3.05) is 13.1 Å². The lowest BCUT2D eigenvalue weighted by Gasteiger charge is -2.22. The number of sulfonamides is 1. The highest BCUT2D eigenvalue weighted by Gasteiger charge is 2.28. The molecule has 2 rings (SSSR count). The van der Waals surface area contributed by atoms with Gasteiger partial charge in [-0.15, -0.1) is 0 Å². The van der Waals surface area contributed by atoms with E-state index in [1.807, 2.05) is 20.8 Å². The van der Waals surface area contributed by atoms with E-state index in [-0.39, 0.29) is 22.8 Å². The zero-order chi connectivity index (χ0) is 17.7. The Balaban J connectivity index is 2.11. The molecule has 0 bridgehead atoms. The summed E-state index contributed by atoms with van der Waals surface area (Å²) < 4.78 is 27.7. The lowest BCUT2D eigenvalue weighted by molar-refractivity contribution is -0.123. The van der Waals surface area contributed by atoms with Crippen molar-refractivity contribution in [1.82, 2.24) is 15.4 Å². The number of benzene rings is 1. The van der Waals surface area contributed by atoms with Crippen LogP contribution in [0.2, 0.25) is 0 Å². The number of rotatable bonds is 7. The number of carbonyl (C=O) groups is 1. The number of hydrogen-bond donors (Lipinski definition) is 3. The van der Waals surface area contributed by atoms with E-state index in [0.717, 1.165) is 25.1 Å². The van der Waals surface area contributed by atoms with Crippen molar-refractivity contribution in [3.63, 3.8) is 0 Å². The second-order valence-electron chi connectivity index (χ2n) is 6.81. The fraction of sp³-hybridized carbons (Fsp3) is 0.588. The molecule has 24 heavy (non-hydrogen) atoms. The van der Waals surface area contributed by atoms with Crippen LogP contribution in [0.15, 0.2) is 29.2 Å². The minimum atomic E-state index is -3.73. The molecular weight excluding hydrogens is 326 g/mol. The van der Waals surface area contributed by atoms with Gasteiger partial charge < -0.3 is 10.6 Å². The summed E-state index contributed by atoms with van der Waals surface area (Å²) in [7, 11) is -3.73. The lowest BCUT2D eigenvalue weighted by Crippen LogP contribution is -2.50. The first-order valence-corrected chi connectivity index (χ1v) is 9.86. The molecule has 7 heteroatoms. The average Bonchev–Trinajstić information content (AvgIpc) is 2.99. The molecule has 3 N–H and O–H groups in total. The minimum Gasteiger partial charge on any atom is -0.351 e. The zero-order valence-corrected chi connectivity index (χ0v) is 15.3. The largest absolute Gasteiger partial charge is 0.351 e. The van der Waals surface area contributed by atoms with Crippen molar-refractivity contribution in [3.8, 4) is 0 Å². The van der Waals surface area contributed by atoms with E-state index in [9.17, 15) is 13.2 Å². The molecular formula is C17H27N3O3S. The van der Waals surface area contributed by atoms with Gasteiger partial charge in [0.1, 0.15) is 6.04 Å². The summed E-state index contributed by atoms with van der Waals surface area (Å²) in [5.74, 6) is -0.0590. The molecule has 134 valence electrons. The minimum absolute atomic E-state index is 0.0658. The second-order valence-corrected chi connectivity index (χ2v) is 8.53. The number of nitrogens with one attached hydrogen (secondary N) is 3. The van der Waals surface area contributed by atoms with Gasteiger partial charge in [0.25, 0.3) is 0 Å². The second kappa shape index (κ2) is 8.09. The number of hydrogen-bond acceptors (Lipinski definition) is 4. The van der Waals surface area contributed by atoms with Crippen LogP contribution in [0.1, 0.15) is 32.3 Å². The number of amides is 1. The molecule has 2 atom stereocenters. The molecule has 0 saturated carbocycles. The molecule has 0 radical (unpaired) electrons. The van der Waals surface area contributed by atoms with Gasteiger partial charge in [-0.25, -0.2) is 8.42 Å². The van der Waals surface area contributed by atoms with Gasteiger partial charge in [-0.3, -0.25) is 4.79 Å². The third kappa shape index (κ3) is 5.29. The molecule has 1 heterocycles. The van der Waals surface area contributed by atoms with Gasteiger partial charge >= 0.3 is 0 Å². The van der Waals surface area contributed by atoms with Crippen LogP contribution in [-0.4, -0.2) is 39.5 Å². The van der Waals surface area contributed by atoms with Gasteiger partial charge in [0.15, 0.2) is 0 Å². The highest BCUT2D eigenvalue weighted by atomic mass is 32.2. The molecule has 6 nitrogen and oxygen atoms in total. The quantitative estimate of drug-likeness (QED) is 0.687. The highest BCUT2D eigenvalue weighted by Crippen LogP contribution is 2.14. The Morgan fingerprint density at radius 1 is 1.29 bits per heavy atom. The van der Waals surface area contributed by atoms with E-state index in [2.05, 4.69) is 15.4 Å². The van der Waals surface area contributed by atoms with Crippen LogP contribution in [0.25, 0.3) is 0 Å². The first kappa shape index (κ1) is 18.9. The molecule has 1 aromatic carbocycles. The van der Waals surface area contributed by atoms with Crippen molar-refractivity contribution in [3.05, 3.63) is 29.8 Å². The molecule has 1 saturated heterocycles. The Hall–Kier alpha value is -1.44. The highest BCUT2D eigenvalue weighted by molar-refractivity contribution is 7.89. The summed E-state index contributed by atoms with van der Waals surface area (Å²) in [6, 6.07) is 5.91. The van der Waals surface area contributed by atoms with Crippen molar-refractivity contribution >= 4 is 15.9 Å². The maximum absolute atomic E-state index is 12.6. The number of carbonyl (C=O) groups excluding carboxylic acids is 1. The standard InChI is InChI=1S/C17H27N3O3S/c1-12(2)10-16(17(21)19-14-8-9-18-11-14)20-24(22,23)15-6-4-13(3)5-7-15/h4-7,12,14,16,18,20H,8-11H2,1-3H3,(H,19,21). The summed E-state index contributed by atoms with van der Waals surface area (Å²) in [4.78, 5) is 12.7. The van der Waals surface area contributed by atoms with Crippen molar-refractivity contribution < 1.29 is 13.2 Å². The molecule has 1 aromatic rings. The van der Waals surface area contributed by atoms with Crippen molar-refractivity contribution in [1.29, 1.82) is 0 Å². The third-order valence-corrected chi connectivity index (χ3v) is 5.55. The Morgan fingerprint density at radius 2 is 1.96 bits per heavy atom. The molecule has 0 spiro atoms. The molecule has 1 fully saturated rings. The van der Waals surface area contributed by atoms with Crippen LogP contribution in [0, 0.1) is 12.8 Å². The Labute approximate surface area is 144 Å². The zero-order valence-electron chi connectivity index (χ0n) is 14.5. The normalized spacial score (nSPS) is 19.4. The van der Waals surface area contributed by atoms with Crippen LogP contribution in [-0.2, 0) is 14.8 Å². The van der Waals surface area contributed by atoms with E-state index in [1.165, 1.54) is 0 Å². The lowest BCUT2D eigenvalue weighted by atomic mass is 10.0. The summed E-state index contributed by atoms with van der Waals surface area (Å²) in [5, 5.41) is 6.12. The van der Waals surface area contributed by atoms with E-state index < -0.39 is 16.1 Å². The van der Waals surface area contributed by atoms with Gasteiger partial charge in [0.2, 0.25) is 15.9 Å². The first-order chi connectivity index (χ1) is 11.3. The van der Waals surface area contributed by atoms with Gasteiger partial charge in [-0.05, 0) is 44.4 Å². The van der Waals surface area contributed by atoms with Crippen LogP contribution in [0.3, 0.4) is 0 Å². The molecule has 0 aromatic heterocycles. The van der Waals surface area contributed by atoms with Crippen LogP contribution >= 0.6 is 0 Å². The van der Waals surface area contributed by atoms with Gasteiger partial charge in [-0.1, -0.05) is 31.5 Å². The Morgan fingerprint density at radius 3 is 2.50 bits per heavy atom. The first-order valence-electron chi connectivity index (χ1n) is 8.38. The summed E-state index contributed by atoms with van der Waals surface area (Å²) in [6.45, 7) is 7.43. The van der Waals surface area contributed by atoms with Crippen LogP contribution < -0.4 is 15.4 Å². The smallest absolute Gasteiger partial charge is 0.241 e. The van der Waals surface area contributed by atoms with E-state index >= 15 is 0 Å². The predicted molar refractivity (Wildman–Crippen MR) is 94.2 cm³/mol. The SMILES string of the molecule is Cc1ccc(S(=O)(=O)NC(CC(C)C)C(=O)NC2CCNC2)cc1. The van der Waals surface area contributed by atoms with Gasteiger partial charge in [-0.2, -0.15) is 4.72 Å². The fourth-order valence-electron chi connectivity index (χ4n) is 2.73. The van der Waals surface area contributed by atoms with Gasteiger partial charge in [0, 0.05) is 12.6 Å². The molecule has 2 unspecified atom stereocenters.